The SMILES string of the molecule is CC(C)(C)c1ccccc1OCc1nnc(COc2ccccc2)o1. The van der Waals surface area contributed by atoms with E-state index in [1.54, 1.807) is 0 Å². The Bertz CT molecular complexity index is 807. The molecule has 5 nitrogen and oxygen atoms in total. The third-order valence-electron chi connectivity index (χ3n) is 3.66. The molecule has 0 fully saturated rings. The molecule has 1 heterocycles. The maximum absolute atomic E-state index is 5.89. The zero-order valence-corrected chi connectivity index (χ0v) is 14.7. The first kappa shape index (κ1) is 17.0. The van der Waals surface area contributed by atoms with Crippen LogP contribution in [0.25, 0.3) is 0 Å². The van der Waals surface area contributed by atoms with Gasteiger partial charge in [0.2, 0.25) is 0 Å². The molecule has 2 aromatic carbocycles. The highest BCUT2D eigenvalue weighted by atomic mass is 16.5. The Balaban J connectivity index is 1.59. The largest absolute Gasteiger partial charge is 0.484 e. The summed E-state index contributed by atoms with van der Waals surface area (Å²) in [6, 6.07) is 17.5. The molecular weight excluding hydrogens is 316 g/mol. The minimum atomic E-state index is 0.000119. The fourth-order valence-electron chi connectivity index (χ4n) is 2.42. The second-order valence-electron chi connectivity index (χ2n) is 6.73. The van der Waals surface area contributed by atoms with Gasteiger partial charge in [-0.25, -0.2) is 0 Å². The molecule has 0 unspecified atom stereocenters. The van der Waals surface area contributed by atoms with Gasteiger partial charge in [0.15, 0.2) is 13.2 Å². The number of hydrogen-bond donors (Lipinski definition) is 0. The predicted molar refractivity (Wildman–Crippen MR) is 94.5 cm³/mol. The van der Waals surface area contributed by atoms with Gasteiger partial charge in [-0.3, -0.25) is 0 Å². The Kier molecular flexibility index (Phi) is 5.03. The van der Waals surface area contributed by atoms with Gasteiger partial charge < -0.3 is 13.9 Å². The molecule has 3 rings (SSSR count). The topological polar surface area (TPSA) is 57.4 Å². The fraction of sp³-hybridized carbons (Fsp3) is 0.300. The van der Waals surface area contributed by atoms with E-state index in [1.165, 1.54) is 0 Å². The van der Waals surface area contributed by atoms with Crippen molar-refractivity contribution in [2.24, 2.45) is 0 Å². The minimum Gasteiger partial charge on any atom is -0.484 e. The van der Waals surface area contributed by atoms with Crippen molar-refractivity contribution in [3.63, 3.8) is 0 Å². The summed E-state index contributed by atoms with van der Waals surface area (Å²) in [6.07, 6.45) is 0. The number of rotatable bonds is 6. The maximum Gasteiger partial charge on any atom is 0.254 e. The Morgan fingerprint density at radius 1 is 0.800 bits per heavy atom. The summed E-state index contributed by atoms with van der Waals surface area (Å²) >= 11 is 0. The van der Waals surface area contributed by atoms with E-state index < -0.39 is 0 Å². The van der Waals surface area contributed by atoms with E-state index in [9.17, 15) is 0 Å². The van der Waals surface area contributed by atoms with Gasteiger partial charge in [-0.1, -0.05) is 57.2 Å². The third-order valence-corrected chi connectivity index (χ3v) is 3.66. The number of hydrogen-bond acceptors (Lipinski definition) is 5. The van der Waals surface area contributed by atoms with Gasteiger partial charge in [-0.15, -0.1) is 10.2 Å². The van der Waals surface area contributed by atoms with Crippen molar-refractivity contribution in [3.8, 4) is 11.5 Å². The van der Waals surface area contributed by atoms with Crippen LogP contribution in [0.4, 0.5) is 0 Å². The monoisotopic (exact) mass is 338 g/mol. The van der Waals surface area contributed by atoms with Crippen LogP contribution >= 0.6 is 0 Å². The molecule has 5 heteroatoms. The standard InChI is InChI=1S/C20H22N2O3/c1-20(2,3)16-11-7-8-12-17(16)24-14-19-22-21-18(25-19)13-23-15-9-5-4-6-10-15/h4-12H,13-14H2,1-3H3. The highest BCUT2D eigenvalue weighted by Crippen LogP contribution is 2.31. The molecular formula is C20H22N2O3. The number of benzene rings is 2. The van der Waals surface area contributed by atoms with Crippen molar-refractivity contribution < 1.29 is 13.9 Å². The second kappa shape index (κ2) is 7.38. The van der Waals surface area contributed by atoms with Gasteiger partial charge in [0.05, 0.1) is 0 Å². The third kappa shape index (κ3) is 4.59. The van der Waals surface area contributed by atoms with Crippen molar-refractivity contribution in [3.05, 3.63) is 71.9 Å². The quantitative estimate of drug-likeness (QED) is 0.661. The molecule has 0 saturated heterocycles. The first-order valence-electron chi connectivity index (χ1n) is 8.24. The first-order chi connectivity index (χ1) is 12.0. The summed E-state index contributed by atoms with van der Waals surface area (Å²) in [5.74, 6) is 2.44. The lowest BCUT2D eigenvalue weighted by molar-refractivity contribution is 0.229. The van der Waals surface area contributed by atoms with E-state index >= 15 is 0 Å². The van der Waals surface area contributed by atoms with E-state index in [4.69, 9.17) is 13.9 Å². The van der Waals surface area contributed by atoms with E-state index in [1.807, 2.05) is 48.5 Å². The maximum atomic E-state index is 5.89. The average Bonchev–Trinajstić information content (AvgIpc) is 3.06. The van der Waals surface area contributed by atoms with Crippen molar-refractivity contribution in [2.75, 3.05) is 0 Å². The van der Waals surface area contributed by atoms with E-state index in [0.29, 0.717) is 11.8 Å². The molecule has 0 aliphatic heterocycles. The first-order valence-corrected chi connectivity index (χ1v) is 8.24. The number of aromatic nitrogens is 2. The van der Waals surface area contributed by atoms with Crippen LogP contribution < -0.4 is 9.47 Å². The number of para-hydroxylation sites is 2. The van der Waals surface area contributed by atoms with Crippen LogP contribution in [0.2, 0.25) is 0 Å². The van der Waals surface area contributed by atoms with Crippen molar-refractivity contribution in [1.82, 2.24) is 10.2 Å². The summed E-state index contributed by atoms with van der Waals surface area (Å²) in [4.78, 5) is 0. The van der Waals surface area contributed by atoms with E-state index in [0.717, 1.165) is 17.1 Å². The molecule has 3 aromatic rings. The van der Waals surface area contributed by atoms with Crippen LogP contribution in [0.1, 0.15) is 38.1 Å². The van der Waals surface area contributed by atoms with Crippen LogP contribution in [-0.4, -0.2) is 10.2 Å². The smallest absolute Gasteiger partial charge is 0.254 e. The Morgan fingerprint density at radius 3 is 2.08 bits per heavy atom. The van der Waals surface area contributed by atoms with E-state index in [-0.39, 0.29) is 18.6 Å². The molecule has 0 atom stereocenters. The van der Waals surface area contributed by atoms with Gasteiger partial charge in [-0.2, -0.15) is 0 Å². The fourth-order valence-corrected chi connectivity index (χ4v) is 2.42. The van der Waals surface area contributed by atoms with Crippen molar-refractivity contribution in [2.45, 2.75) is 39.4 Å². The molecule has 0 aliphatic carbocycles. The molecule has 0 radical (unpaired) electrons. The lowest BCUT2D eigenvalue weighted by Crippen LogP contribution is -2.13. The Morgan fingerprint density at radius 2 is 1.40 bits per heavy atom. The van der Waals surface area contributed by atoms with Gasteiger partial charge in [-0.05, 0) is 29.2 Å². The molecule has 1 aromatic heterocycles. The van der Waals surface area contributed by atoms with Crippen LogP contribution in [0.5, 0.6) is 11.5 Å². The van der Waals surface area contributed by atoms with Gasteiger partial charge in [0.25, 0.3) is 11.8 Å². The Labute approximate surface area is 147 Å². The zero-order chi connectivity index (χ0) is 17.7. The molecule has 0 saturated carbocycles. The second-order valence-corrected chi connectivity index (χ2v) is 6.73. The molecule has 0 bridgehead atoms. The number of ether oxygens (including phenoxy) is 2. The highest BCUT2D eigenvalue weighted by molar-refractivity contribution is 5.38. The summed E-state index contributed by atoms with van der Waals surface area (Å²) in [5, 5.41) is 8.01. The summed E-state index contributed by atoms with van der Waals surface area (Å²) < 4.78 is 17.1. The normalized spacial score (nSPS) is 11.3. The van der Waals surface area contributed by atoms with Gasteiger partial charge >= 0.3 is 0 Å². The summed E-state index contributed by atoms with van der Waals surface area (Å²) in [6.45, 7) is 6.92. The zero-order valence-electron chi connectivity index (χ0n) is 14.7. The van der Waals surface area contributed by atoms with E-state index in [2.05, 4.69) is 37.0 Å². The highest BCUT2D eigenvalue weighted by Gasteiger charge is 2.19. The van der Waals surface area contributed by atoms with Crippen LogP contribution in [0.15, 0.2) is 59.0 Å². The average molecular weight is 338 g/mol. The lowest BCUT2D eigenvalue weighted by atomic mass is 9.86. The minimum absolute atomic E-state index is 0.000119. The molecule has 0 amide bonds. The van der Waals surface area contributed by atoms with Crippen molar-refractivity contribution >= 4 is 0 Å². The lowest BCUT2D eigenvalue weighted by Gasteiger charge is -2.22. The van der Waals surface area contributed by atoms with Crippen LogP contribution in [-0.2, 0) is 18.6 Å². The van der Waals surface area contributed by atoms with Crippen LogP contribution in [0.3, 0.4) is 0 Å². The Hall–Kier alpha value is -2.82. The predicted octanol–water partition coefficient (Wildman–Crippen LogP) is 4.53. The van der Waals surface area contributed by atoms with Crippen LogP contribution in [0, 0.1) is 0 Å². The summed E-state index contributed by atoms with van der Waals surface area (Å²) in [5.41, 5.74) is 1.14. The van der Waals surface area contributed by atoms with Gasteiger partial charge in [0, 0.05) is 0 Å². The number of nitrogens with zero attached hydrogens (tertiary/aromatic N) is 2. The molecule has 130 valence electrons. The van der Waals surface area contributed by atoms with Crippen molar-refractivity contribution in [1.29, 1.82) is 0 Å². The molecule has 0 aliphatic rings. The molecule has 25 heavy (non-hydrogen) atoms. The molecule has 0 spiro atoms. The van der Waals surface area contributed by atoms with Gasteiger partial charge in [0.1, 0.15) is 11.5 Å². The summed E-state index contributed by atoms with van der Waals surface area (Å²) in [7, 11) is 0. The molecule has 0 N–H and O–H groups in total.